The van der Waals surface area contributed by atoms with E-state index in [9.17, 15) is 4.39 Å². The van der Waals surface area contributed by atoms with Crippen LogP contribution in [0.15, 0.2) is 55.0 Å². The van der Waals surface area contributed by atoms with Crippen molar-refractivity contribution in [3.05, 3.63) is 72.1 Å². The van der Waals surface area contributed by atoms with Crippen molar-refractivity contribution in [3.63, 3.8) is 0 Å². The van der Waals surface area contributed by atoms with Crippen LogP contribution in [0.1, 0.15) is 24.2 Å². The predicted molar refractivity (Wildman–Crippen MR) is 80.4 cm³/mol. The molecule has 21 heavy (non-hydrogen) atoms. The number of imidazole rings is 1. The lowest BCUT2D eigenvalue weighted by Crippen LogP contribution is -2.09. The van der Waals surface area contributed by atoms with Gasteiger partial charge in [-0.15, -0.1) is 0 Å². The van der Waals surface area contributed by atoms with Gasteiger partial charge in [-0.2, -0.15) is 0 Å². The molecule has 0 saturated heterocycles. The molecule has 3 aromatic rings. The lowest BCUT2D eigenvalue weighted by atomic mass is 10.1. The molecule has 106 valence electrons. The molecule has 4 heteroatoms. The Morgan fingerprint density at radius 1 is 1.14 bits per heavy atom. The van der Waals surface area contributed by atoms with Crippen LogP contribution in [-0.2, 0) is 0 Å². The molecule has 1 aromatic carbocycles. The first kappa shape index (κ1) is 13.5. The maximum absolute atomic E-state index is 14.0. The molecule has 0 amide bonds. The van der Waals surface area contributed by atoms with Crippen molar-refractivity contribution in [2.24, 2.45) is 0 Å². The molecule has 0 bridgehead atoms. The Balaban J connectivity index is 2.09. The first-order chi connectivity index (χ1) is 10.2. The zero-order valence-corrected chi connectivity index (χ0v) is 12.0. The van der Waals surface area contributed by atoms with Crippen molar-refractivity contribution >= 4 is 0 Å². The normalized spacial score (nSPS) is 12.3. The Hall–Kier alpha value is -2.49. The van der Waals surface area contributed by atoms with Gasteiger partial charge in [-0.1, -0.05) is 18.2 Å². The molecule has 3 rings (SSSR count). The molecule has 0 radical (unpaired) electrons. The Morgan fingerprint density at radius 3 is 2.67 bits per heavy atom. The smallest absolute Gasteiger partial charge is 0.142 e. The highest BCUT2D eigenvalue weighted by Crippen LogP contribution is 2.27. The van der Waals surface area contributed by atoms with E-state index < -0.39 is 0 Å². The summed E-state index contributed by atoms with van der Waals surface area (Å²) in [6, 6.07) is 10.5. The maximum atomic E-state index is 14.0. The van der Waals surface area contributed by atoms with Gasteiger partial charge in [0.05, 0.1) is 11.7 Å². The van der Waals surface area contributed by atoms with Crippen LogP contribution >= 0.6 is 0 Å². The summed E-state index contributed by atoms with van der Waals surface area (Å²) in [7, 11) is 0. The van der Waals surface area contributed by atoms with Crippen LogP contribution in [0.2, 0.25) is 0 Å². The third-order valence-electron chi connectivity index (χ3n) is 3.55. The van der Waals surface area contributed by atoms with E-state index in [1.54, 1.807) is 18.5 Å². The number of rotatable bonds is 3. The number of aryl methyl sites for hydroxylation is 1. The molecule has 0 N–H and O–H groups in total. The minimum atomic E-state index is -0.200. The second-order valence-electron chi connectivity index (χ2n) is 5.05. The molecule has 0 aliphatic rings. The molecule has 0 spiro atoms. The summed E-state index contributed by atoms with van der Waals surface area (Å²) in [6.45, 7) is 3.91. The van der Waals surface area contributed by atoms with Crippen LogP contribution in [0.3, 0.4) is 0 Å². The second-order valence-corrected chi connectivity index (χ2v) is 5.05. The van der Waals surface area contributed by atoms with Crippen molar-refractivity contribution in [1.82, 2.24) is 14.5 Å². The third kappa shape index (κ3) is 2.57. The Bertz CT molecular complexity index is 750. The number of aromatic nitrogens is 3. The van der Waals surface area contributed by atoms with E-state index in [2.05, 4.69) is 9.97 Å². The van der Waals surface area contributed by atoms with Crippen LogP contribution in [0.25, 0.3) is 11.4 Å². The molecule has 0 unspecified atom stereocenters. The molecule has 0 fully saturated rings. The minimum Gasteiger partial charge on any atom is -0.323 e. The summed E-state index contributed by atoms with van der Waals surface area (Å²) in [4.78, 5) is 8.69. The van der Waals surface area contributed by atoms with Gasteiger partial charge in [-0.05, 0) is 32.0 Å². The van der Waals surface area contributed by atoms with Crippen molar-refractivity contribution in [2.75, 3.05) is 0 Å². The van der Waals surface area contributed by atoms with E-state index in [1.807, 2.05) is 48.9 Å². The first-order valence-electron chi connectivity index (χ1n) is 6.87. The Labute approximate surface area is 123 Å². The van der Waals surface area contributed by atoms with Gasteiger partial charge >= 0.3 is 0 Å². The summed E-state index contributed by atoms with van der Waals surface area (Å²) in [6.07, 6.45) is 5.44. The number of hydrogen-bond donors (Lipinski definition) is 0. The van der Waals surface area contributed by atoms with Crippen molar-refractivity contribution < 1.29 is 4.39 Å². The minimum absolute atomic E-state index is 0.136. The molecular weight excluding hydrogens is 265 g/mol. The number of hydrogen-bond acceptors (Lipinski definition) is 2. The van der Waals surface area contributed by atoms with Gasteiger partial charge in [-0.25, -0.2) is 9.37 Å². The zero-order chi connectivity index (χ0) is 14.8. The van der Waals surface area contributed by atoms with Crippen LogP contribution in [0.5, 0.6) is 0 Å². The number of nitrogens with zero attached hydrogens (tertiary/aromatic N) is 3. The monoisotopic (exact) mass is 281 g/mol. The molecule has 2 aromatic heterocycles. The summed E-state index contributed by atoms with van der Waals surface area (Å²) in [5.41, 5.74) is 2.48. The largest absolute Gasteiger partial charge is 0.323 e. The highest BCUT2D eigenvalue weighted by molar-refractivity contribution is 5.55. The fourth-order valence-corrected chi connectivity index (χ4v) is 2.48. The predicted octanol–water partition coefficient (Wildman–Crippen LogP) is 4.00. The molecule has 0 aliphatic carbocycles. The molecular formula is C17H16FN3. The number of pyridine rings is 1. The van der Waals surface area contributed by atoms with Crippen molar-refractivity contribution in [1.29, 1.82) is 0 Å². The Morgan fingerprint density at radius 2 is 1.95 bits per heavy atom. The van der Waals surface area contributed by atoms with E-state index in [0.29, 0.717) is 5.56 Å². The second kappa shape index (κ2) is 5.48. The van der Waals surface area contributed by atoms with E-state index in [0.717, 1.165) is 17.1 Å². The fraction of sp³-hybridized carbons (Fsp3) is 0.176. The first-order valence-corrected chi connectivity index (χ1v) is 6.87. The lowest BCUT2D eigenvalue weighted by molar-refractivity contribution is 0.559. The highest BCUT2D eigenvalue weighted by atomic mass is 19.1. The summed E-state index contributed by atoms with van der Waals surface area (Å²) in [5, 5.41) is 0. The third-order valence-corrected chi connectivity index (χ3v) is 3.55. The van der Waals surface area contributed by atoms with E-state index in [4.69, 9.17) is 0 Å². The average Bonchev–Trinajstić information content (AvgIpc) is 2.90. The van der Waals surface area contributed by atoms with Crippen LogP contribution < -0.4 is 0 Å². The standard InChI is InChI=1S/C17H16FN3/c1-12-11-21(13(2)15-7-3-4-8-16(15)18)17(20-12)14-6-5-9-19-10-14/h3-11,13H,1-2H3/t13-/m0/s1. The fourth-order valence-electron chi connectivity index (χ4n) is 2.48. The quantitative estimate of drug-likeness (QED) is 0.726. The SMILES string of the molecule is Cc1cn([C@@H](C)c2ccccc2F)c(-c2cccnc2)n1. The topological polar surface area (TPSA) is 30.7 Å². The molecule has 1 atom stereocenters. The maximum Gasteiger partial charge on any atom is 0.142 e. The molecule has 3 nitrogen and oxygen atoms in total. The van der Waals surface area contributed by atoms with Crippen molar-refractivity contribution in [3.8, 4) is 11.4 Å². The van der Waals surface area contributed by atoms with Gasteiger partial charge in [0, 0.05) is 29.7 Å². The summed E-state index contributed by atoms with van der Waals surface area (Å²) < 4.78 is 16.0. The van der Waals surface area contributed by atoms with Crippen molar-refractivity contribution in [2.45, 2.75) is 19.9 Å². The highest BCUT2D eigenvalue weighted by Gasteiger charge is 2.17. The molecule has 0 saturated carbocycles. The van der Waals surface area contributed by atoms with Gasteiger partial charge in [-0.3, -0.25) is 4.98 Å². The Kier molecular flexibility index (Phi) is 3.52. The molecule has 0 aliphatic heterocycles. The molecule has 2 heterocycles. The van der Waals surface area contributed by atoms with Gasteiger partial charge in [0.1, 0.15) is 11.6 Å². The van der Waals surface area contributed by atoms with E-state index >= 15 is 0 Å². The summed E-state index contributed by atoms with van der Waals surface area (Å²) in [5.74, 6) is 0.602. The van der Waals surface area contributed by atoms with Gasteiger partial charge < -0.3 is 4.57 Å². The van der Waals surface area contributed by atoms with Crippen LogP contribution in [0, 0.1) is 12.7 Å². The van der Waals surface area contributed by atoms with Crippen LogP contribution in [-0.4, -0.2) is 14.5 Å². The lowest BCUT2D eigenvalue weighted by Gasteiger charge is -2.17. The zero-order valence-electron chi connectivity index (χ0n) is 12.0. The average molecular weight is 281 g/mol. The van der Waals surface area contributed by atoms with Gasteiger partial charge in [0.25, 0.3) is 0 Å². The number of halogens is 1. The number of benzene rings is 1. The van der Waals surface area contributed by atoms with E-state index in [1.165, 1.54) is 6.07 Å². The van der Waals surface area contributed by atoms with Gasteiger partial charge in [0.2, 0.25) is 0 Å². The van der Waals surface area contributed by atoms with Gasteiger partial charge in [0.15, 0.2) is 0 Å². The van der Waals surface area contributed by atoms with Crippen LogP contribution in [0.4, 0.5) is 4.39 Å². The van der Waals surface area contributed by atoms with E-state index in [-0.39, 0.29) is 11.9 Å². The summed E-state index contributed by atoms with van der Waals surface area (Å²) >= 11 is 0.